The molecule has 1 aliphatic carbocycles. The summed E-state index contributed by atoms with van der Waals surface area (Å²) in [5.74, 6) is 0.207. The molecule has 0 radical (unpaired) electrons. The van der Waals surface area contributed by atoms with Crippen LogP contribution < -0.4 is 5.32 Å². The maximum atomic E-state index is 12.1. The minimum absolute atomic E-state index is 0.207. The van der Waals surface area contributed by atoms with E-state index in [-0.39, 0.29) is 5.91 Å². The van der Waals surface area contributed by atoms with E-state index in [0.717, 1.165) is 38.6 Å². The van der Waals surface area contributed by atoms with Crippen LogP contribution in [0.4, 0.5) is 0 Å². The quantitative estimate of drug-likeness (QED) is 0.700. The fourth-order valence-electron chi connectivity index (χ4n) is 3.85. The van der Waals surface area contributed by atoms with E-state index in [2.05, 4.69) is 29.0 Å². The molecule has 22 heavy (non-hydrogen) atoms. The Hall–Kier alpha value is -0.610. The highest BCUT2D eigenvalue weighted by Gasteiger charge is 2.26. The molecule has 4 nitrogen and oxygen atoms in total. The lowest BCUT2D eigenvalue weighted by Crippen LogP contribution is -2.52. The van der Waals surface area contributed by atoms with Gasteiger partial charge in [0.25, 0.3) is 0 Å². The second kappa shape index (κ2) is 9.51. The first kappa shape index (κ1) is 17.7. The van der Waals surface area contributed by atoms with Gasteiger partial charge in [0.15, 0.2) is 0 Å². The molecule has 2 rings (SSSR count). The molecule has 1 saturated heterocycles. The summed E-state index contributed by atoms with van der Waals surface area (Å²) in [7, 11) is 0. The first-order chi connectivity index (χ1) is 10.7. The molecule has 1 unspecified atom stereocenters. The third kappa shape index (κ3) is 5.88. The SMILES string of the molecule is CCCCCC(C)NC(=O)CN1CCN(C2CCCC2)CC1. The van der Waals surface area contributed by atoms with Crippen molar-refractivity contribution in [3.05, 3.63) is 0 Å². The van der Waals surface area contributed by atoms with E-state index in [4.69, 9.17) is 0 Å². The van der Waals surface area contributed by atoms with E-state index >= 15 is 0 Å². The molecule has 0 aromatic rings. The van der Waals surface area contributed by atoms with Crippen LogP contribution in [0.3, 0.4) is 0 Å². The van der Waals surface area contributed by atoms with Gasteiger partial charge in [0, 0.05) is 38.3 Å². The average Bonchev–Trinajstić information content (AvgIpc) is 3.02. The summed E-state index contributed by atoms with van der Waals surface area (Å²) < 4.78 is 0. The van der Waals surface area contributed by atoms with Gasteiger partial charge < -0.3 is 5.32 Å². The van der Waals surface area contributed by atoms with E-state index in [9.17, 15) is 4.79 Å². The first-order valence-corrected chi connectivity index (χ1v) is 9.44. The van der Waals surface area contributed by atoms with Gasteiger partial charge in [0.1, 0.15) is 0 Å². The van der Waals surface area contributed by atoms with E-state index in [0.29, 0.717) is 12.6 Å². The van der Waals surface area contributed by atoms with Crippen molar-refractivity contribution in [1.82, 2.24) is 15.1 Å². The van der Waals surface area contributed by atoms with Crippen molar-refractivity contribution in [3.8, 4) is 0 Å². The molecule has 128 valence electrons. The largest absolute Gasteiger partial charge is 0.353 e. The van der Waals surface area contributed by atoms with Crippen molar-refractivity contribution < 1.29 is 4.79 Å². The van der Waals surface area contributed by atoms with Crippen molar-refractivity contribution in [2.75, 3.05) is 32.7 Å². The van der Waals surface area contributed by atoms with Crippen LogP contribution in [0.15, 0.2) is 0 Å². The highest BCUT2D eigenvalue weighted by Crippen LogP contribution is 2.24. The van der Waals surface area contributed by atoms with Gasteiger partial charge in [-0.25, -0.2) is 0 Å². The van der Waals surface area contributed by atoms with Gasteiger partial charge in [0.2, 0.25) is 5.91 Å². The lowest BCUT2D eigenvalue weighted by molar-refractivity contribution is -0.123. The summed E-state index contributed by atoms with van der Waals surface area (Å²) in [6.07, 6.45) is 10.4. The Morgan fingerprint density at radius 3 is 2.45 bits per heavy atom. The molecule has 1 heterocycles. The van der Waals surface area contributed by atoms with Gasteiger partial charge in [0.05, 0.1) is 6.54 Å². The Labute approximate surface area is 136 Å². The number of carbonyl (C=O) groups excluding carboxylic acids is 1. The summed E-state index contributed by atoms with van der Waals surface area (Å²) in [5.41, 5.74) is 0. The number of carbonyl (C=O) groups is 1. The number of hydrogen-bond donors (Lipinski definition) is 1. The molecule has 0 spiro atoms. The zero-order valence-electron chi connectivity index (χ0n) is 14.6. The summed E-state index contributed by atoms with van der Waals surface area (Å²) in [5, 5.41) is 3.16. The predicted octanol–water partition coefficient (Wildman–Crippen LogP) is 2.63. The van der Waals surface area contributed by atoms with E-state index in [1.807, 2.05) is 0 Å². The van der Waals surface area contributed by atoms with Crippen LogP contribution in [0.2, 0.25) is 0 Å². The molecule has 1 aliphatic heterocycles. The molecule has 0 bridgehead atoms. The molecule has 4 heteroatoms. The lowest BCUT2D eigenvalue weighted by atomic mass is 10.1. The summed E-state index contributed by atoms with van der Waals surface area (Å²) in [6, 6.07) is 1.15. The van der Waals surface area contributed by atoms with Gasteiger partial charge in [-0.1, -0.05) is 39.0 Å². The Balaban J connectivity index is 1.59. The number of piperazine rings is 1. The van der Waals surface area contributed by atoms with Crippen molar-refractivity contribution >= 4 is 5.91 Å². The van der Waals surface area contributed by atoms with Crippen molar-refractivity contribution in [1.29, 1.82) is 0 Å². The number of rotatable bonds is 8. The minimum atomic E-state index is 0.207. The molecule has 2 fully saturated rings. The number of amides is 1. The Morgan fingerprint density at radius 2 is 1.82 bits per heavy atom. The van der Waals surface area contributed by atoms with Crippen LogP contribution in [0.25, 0.3) is 0 Å². The first-order valence-electron chi connectivity index (χ1n) is 9.44. The minimum Gasteiger partial charge on any atom is -0.353 e. The van der Waals surface area contributed by atoms with Gasteiger partial charge in [-0.15, -0.1) is 0 Å². The van der Waals surface area contributed by atoms with Gasteiger partial charge in [-0.2, -0.15) is 0 Å². The molecular weight excluding hydrogens is 274 g/mol. The van der Waals surface area contributed by atoms with Crippen LogP contribution in [0.1, 0.15) is 65.2 Å². The molecule has 1 saturated carbocycles. The number of nitrogens with zero attached hydrogens (tertiary/aromatic N) is 2. The number of hydrogen-bond acceptors (Lipinski definition) is 3. The molecule has 2 aliphatic rings. The third-order valence-electron chi connectivity index (χ3n) is 5.26. The standard InChI is InChI=1S/C18H35N3O/c1-3-4-5-8-16(2)19-18(22)15-20-11-13-21(14-12-20)17-9-6-7-10-17/h16-17H,3-15H2,1-2H3,(H,19,22). The van der Waals surface area contributed by atoms with Crippen LogP contribution in [-0.2, 0) is 4.79 Å². The van der Waals surface area contributed by atoms with Crippen LogP contribution >= 0.6 is 0 Å². The summed E-state index contributed by atoms with van der Waals surface area (Å²) in [4.78, 5) is 17.1. The van der Waals surface area contributed by atoms with Gasteiger partial charge in [-0.3, -0.25) is 14.6 Å². The normalized spacial score (nSPS) is 22.8. The van der Waals surface area contributed by atoms with E-state index in [1.165, 1.54) is 44.9 Å². The van der Waals surface area contributed by atoms with E-state index < -0.39 is 0 Å². The van der Waals surface area contributed by atoms with E-state index in [1.54, 1.807) is 0 Å². The fourth-order valence-corrected chi connectivity index (χ4v) is 3.85. The second-order valence-corrected chi connectivity index (χ2v) is 7.21. The summed E-state index contributed by atoms with van der Waals surface area (Å²) >= 11 is 0. The van der Waals surface area contributed by atoms with Crippen LogP contribution in [-0.4, -0.2) is 60.5 Å². The average molecular weight is 309 g/mol. The van der Waals surface area contributed by atoms with Crippen molar-refractivity contribution in [2.45, 2.75) is 77.3 Å². The maximum absolute atomic E-state index is 12.1. The molecule has 1 N–H and O–H groups in total. The highest BCUT2D eigenvalue weighted by atomic mass is 16.2. The predicted molar refractivity (Wildman–Crippen MR) is 92.0 cm³/mol. The molecule has 0 aromatic heterocycles. The smallest absolute Gasteiger partial charge is 0.234 e. The summed E-state index contributed by atoms with van der Waals surface area (Å²) in [6.45, 7) is 9.31. The number of unbranched alkanes of at least 4 members (excludes halogenated alkanes) is 2. The highest BCUT2D eigenvalue weighted by molar-refractivity contribution is 5.78. The molecular formula is C18H35N3O. The van der Waals surface area contributed by atoms with Crippen molar-refractivity contribution in [2.24, 2.45) is 0 Å². The topological polar surface area (TPSA) is 35.6 Å². The number of nitrogens with one attached hydrogen (secondary N) is 1. The Bertz CT molecular complexity index is 320. The molecule has 1 amide bonds. The van der Waals surface area contributed by atoms with Gasteiger partial charge >= 0.3 is 0 Å². The Morgan fingerprint density at radius 1 is 1.14 bits per heavy atom. The lowest BCUT2D eigenvalue weighted by Gasteiger charge is -2.37. The zero-order chi connectivity index (χ0) is 15.8. The third-order valence-corrected chi connectivity index (χ3v) is 5.26. The zero-order valence-corrected chi connectivity index (χ0v) is 14.6. The Kier molecular flexibility index (Phi) is 7.67. The fraction of sp³-hybridized carbons (Fsp3) is 0.944. The second-order valence-electron chi connectivity index (χ2n) is 7.21. The molecule has 0 aromatic carbocycles. The van der Waals surface area contributed by atoms with Crippen molar-refractivity contribution in [3.63, 3.8) is 0 Å². The van der Waals surface area contributed by atoms with Crippen LogP contribution in [0.5, 0.6) is 0 Å². The maximum Gasteiger partial charge on any atom is 0.234 e. The monoisotopic (exact) mass is 309 g/mol. The van der Waals surface area contributed by atoms with Crippen LogP contribution in [0, 0.1) is 0 Å². The van der Waals surface area contributed by atoms with Gasteiger partial charge in [-0.05, 0) is 26.2 Å². The molecule has 1 atom stereocenters.